The number of nitrogens with one attached hydrogen (secondary N) is 1. The molecule has 1 aromatic carbocycles. The largest absolute Gasteiger partial charge is 0.368 e. The lowest BCUT2D eigenvalue weighted by Crippen LogP contribution is -2.34. The van der Waals surface area contributed by atoms with Crippen LogP contribution in [0.3, 0.4) is 0 Å². The average Bonchev–Trinajstić information content (AvgIpc) is 2.36. The molecule has 0 heterocycles. The first kappa shape index (κ1) is 15.5. The maximum atomic E-state index is 9.38. The number of hydrogen-bond donors (Lipinski definition) is 1. The number of hydrogen-bond acceptors (Lipinski definition) is 3. The van der Waals surface area contributed by atoms with Crippen LogP contribution in [0.2, 0.25) is 0 Å². The number of rotatable bonds is 6. The van der Waals surface area contributed by atoms with Gasteiger partial charge in [0.25, 0.3) is 0 Å². The van der Waals surface area contributed by atoms with Crippen LogP contribution in [0.4, 0.5) is 5.69 Å². The highest BCUT2D eigenvalue weighted by atomic mass is 15.2. The number of nitrogens with zero attached hydrogens (tertiary/aromatic N) is 2. The second-order valence-electron chi connectivity index (χ2n) is 5.63. The molecule has 0 amide bonds. The van der Waals surface area contributed by atoms with Crippen molar-refractivity contribution in [3.05, 3.63) is 29.3 Å². The molecule has 0 radical (unpaired) electrons. The summed E-state index contributed by atoms with van der Waals surface area (Å²) < 4.78 is 0. The van der Waals surface area contributed by atoms with Gasteiger partial charge >= 0.3 is 0 Å². The zero-order chi connectivity index (χ0) is 14.4. The summed E-state index contributed by atoms with van der Waals surface area (Å²) in [6, 6.07) is 8.89. The van der Waals surface area contributed by atoms with Crippen LogP contribution in [0, 0.1) is 17.2 Å². The lowest BCUT2D eigenvalue weighted by molar-refractivity contribution is 0.570. The molecule has 0 atom stereocenters. The van der Waals surface area contributed by atoms with E-state index in [1.165, 1.54) is 0 Å². The van der Waals surface area contributed by atoms with Gasteiger partial charge in [0.2, 0.25) is 0 Å². The summed E-state index contributed by atoms with van der Waals surface area (Å²) in [6.45, 7) is 10.5. The Morgan fingerprint density at radius 1 is 1.26 bits per heavy atom. The molecule has 0 saturated carbocycles. The molecule has 0 aliphatic heterocycles. The van der Waals surface area contributed by atoms with Crippen LogP contribution >= 0.6 is 0 Å². The predicted octanol–water partition coefficient (Wildman–Crippen LogP) is 3.15. The molecule has 0 aliphatic rings. The van der Waals surface area contributed by atoms with Gasteiger partial charge in [-0.15, -0.1) is 0 Å². The standard InChI is InChI=1S/C16H25N3/c1-12(2)11-19(13(3)4)16-7-6-14(10-18-5)8-15(16)9-17/h6-8,12-13,18H,10-11H2,1-5H3. The Balaban J connectivity index is 3.12. The van der Waals surface area contributed by atoms with Gasteiger partial charge in [0, 0.05) is 19.1 Å². The summed E-state index contributed by atoms with van der Waals surface area (Å²) in [6.07, 6.45) is 0. The first-order valence-corrected chi connectivity index (χ1v) is 6.93. The molecule has 3 nitrogen and oxygen atoms in total. The van der Waals surface area contributed by atoms with Crippen LogP contribution in [-0.4, -0.2) is 19.6 Å². The Kier molecular flexibility index (Phi) is 5.85. The minimum absolute atomic E-state index is 0.393. The Bertz CT molecular complexity index is 444. The molecule has 0 unspecified atom stereocenters. The molecular weight excluding hydrogens is 234 g/mol. The van der Waals surface area contributed by atoms with E-state index in [0.29, 0.717) is 12.0 Å². The summed E-state index contributed by atoms with van der Waals surface area (Å²) in [5.74, 6) is 0.575. The zero-order valence-electron chi connectivity index (χ0n) is 12.7. The molecular formula is C16H25N3. The van der Waals surface area contributed by atoms with Gasteiger partial charge in [-0.2, -0.15) is 5.26 Å². The van der Waals surface area contributed by atoms with Gasteiger partial charge in [0.1, 0.15) is 6.07 Å². The van der Waals surface area contributed by atoms with Gasteiger partial charge in [-0.1, -0.05) is 19.9 Å². The van der Waals surface area contributed by atoms with Crippen LogP contribution < -0.4 is 10.2 Å². The summed E-state index contributed by atoms with van der Waals surface area (Å²) >= 11 is 0. The highest BCUT2D eigenvalue weighted by Gasteiger charge is 2.16. The van der Waals surface area contributed by atoms with Gasteiger partial charge in [0.15, 0.2) is 0 Å². The molecule has 104 valence electrons. The van der Waals surface area contributed by atoms with E-state index in [1.807, 2.05) is 13.1 Å². The van der Waals surface area contributed by atoms with Crippen LogP contribution in [0.25, 0.3) is 0 Å². The first-order chi connectivity index (χ1) is 8.99. The van der Waals surface area contributed by atoms with E-state index in [-0.39, 0.29) is 0 Å². The molecule has 0 bridgehead atoms. The van der Waals surface area contributed by atoms with Crippen LogP contribution in [0.1, 0.15) is 38.8 Å². The van der Waals surface area contributed by atoms with Crippen LogP contribution in [0.15, 0.2) is 18.2 Å². The molecule has 19 heavy (non-hydrogen) atoms. The third kappa shape index (κ3) is 4.25. The Hall–Kier alpha value is -1.53. The highest BCUT2D eigenvalue weighted by molar-refractivity contribution is 5.61. The van der Waals surface area contributed by atoms with E-state index in [9.17, 15) is 5.26 Å². The summed E-state index contributed by atoms with van der Waals surface area (Å²) in [4.78, 5) is 2.31. The lowest BCUT2D eigenvalue weighted by atomic mass is 10.1. The van der Waals surface area contributed by atoms with Crippen LogP contribution in [0.5, 0.6) is 0 Å². The minimum atomic E-state index is 0.393. The monoisotopic (exact) mass is 259 g/mol. The summed E-state index contributed by atoms with van der Waals surface area (Å²) in [5.41, 5.74) is 2.96. The fourth-order valence-electron chi connectivity index (χ4n) is 2.22. The van der Waals surface area contributed by atoms with Crippen molar-refractivity contribution in [1.82, 2.24) is 5.32 Å². The van der Waals surface area contributed by atoms with E-state index in [2.05, 4.69) is 56.1 Å². The Labute approximate surface area is 117 Å². The maximum absolute atomic E-state index is 9.38. The second kappa shape index (κ2) is 7.16. The van der Waals surface area contributed by atoms with Crippen LogP contribution in [-0.2, 0) is 6.54 Å². The fraction of sp³-hybridized carbons (Fsp3) is 0.562. The van der Waals surface area contributed by atoms with E-state index in [4.69, 9.17) is 0 Å². The van der Waals surface area contributed by atoms with Crippen molar-refractivity contribution in [2.75, 3.05) is 18.5 Å². The summed E-state index contributed by atoms with van der Waals surface area (Å²) in [5, 5.41) is 12.5. The van der Waals surface area contributed by atoms with Crippen molar-refractivity contribution >= 4 is 5.69 Å². The number of anilines is 1. The maximum Gasteiger partial charge on any atom is 0.101 e. The van der Waals surface area contributed by atoms with Gasteiger partial charge in [0.05, 0.1) is 11.3 Å². The molecule has 1 rings (SSSR count). The molecule has 3 heteroatoms. The van der Waals surface area contributed by atoms with Gasteiger partial charge < -0.3 is 10.2 Å². The molecule has 0 aliphatic carbocycles. The first-order valence-electron chi connectivity index (χ1n) is 6.93. The van der Waals surface area contributed by atoms with Crippen molar-refractivity contribution in [1.29, 1.82) is 5.26 Å². The molecule has 0 aromatic heterocycles. The van der Waals surface area contributed by atoms with Crippen molar-refractivity contribution in [2.24, 2.45) is 5.92 Å². The van der Waals surface area contributed by atoms with Gasteiger partial charge in [-0.05, 0) is 44.5 Å². The zero-order valence-corrected chi connectivity index (χ0v) is 12.7. The number of benzene rings is 1. The highest BCUT2D eigenvalue weighted by Crippen LogP contribution is 2.24. The second-order valence-corrected chi connectivity index (χ2v) is 5.63. The third-order valence-electron chi connectivity index (χ3n) is 3.06. The topological polar surface area (TPSA) is 39.1 Å². The quantitative estimate of drug-likeness (QED) is 0.853. The molecule has 0 saturated heterocycles. The Morgan fingerprint density at radius 2 is 1.95 bits per heavy atom. The van der Waals surface area contributed by atoms with E-state index < -0.39 is 0 Å². The van der Waals surface area contributed by atoms with E-state index in [0.717, 1.165) is 29.9 Å². The average molecular weight is 259 g/mol. The molecule has 1 N–H and O–H groups in total. The third-order valence-corrected chi connectivity index (χ3v) is 3.06. The Morgan fingerprint density at radius 3 is 2.42 bits per heavy atom. The lowest BCUT2D eigenvalue weighted by Gasteiger charge is -2.31. The fourth-order valence-corrected chi connectivity index (χ4v) is 2.22. The SMILES string of the molecule is CNCc1ccc(N(CC(C)C)C(C)C)c(C#N)c1. The smallest absolute Gasteiger partial charge is 0.101 e. The minimum Gasteiger partial charge on any atom is -0.368 e. The molecule has 0 spiro atoms. The number of nitriles is 1. The summed E-state index contributed by atoms with van der Waals surface area (Å²) in [7, 11) is 1.92. The normalized spacial score (nSPS) is 10.8. The molecule has 1 aromatic rings. The van der Waals surface area contributed by atoms with Crippen molar-refractivity contribution in [2.45, 2.75) is 40.3 Å². The van der Waals surface area contributed by atoms with Crippen molar-refractivity contribution in [3.63, 3.8) is 0 Å². The van der Waals surface area contributed by atoms with Gasteiger partial charge in [-0.3, -0.25) is 0 Å². The van der Waals surface area contributed by atoms with E-state index >= 15 is 0 Å². The molecule has 0 fully saturated rings. The van der Waals surface area contributed by atoms with Crippen molar-refractivity contribution in [3.8, 4) is 6.07 Å². The van der Waals surface area contributed by atoms with Gasteiger partial charge in [-0.25, -0.2) is 0 Å². The predicted molar refractivity (Wildman–Crippen MR) is 81.2 cm³/mol. The van der Waals surface area contributed by atoms with Crippen molar-refractivity contribution < 1.29 is 0 Å². The van der Waals surface area contributed by atoms with E-state index in [1.54, 1.807) is 0 Å².